The highest BCUT2D eigenvalue weighted by atomic mass is 32.1. The minimum absolute atomic E-state index is 0.0479. The van der Waals surface area contributed by atoms with Crippen molar-refractivity contribution >= 4 is 23.8 Å². The van der Waals surface area contributed by atoms with Gasteiger partial charge in [0.1, 0.15) is 12.3 Å². The topological polar surface area (TPSA) is 66.4 Å². The number of methoxy groups -OCH3 is 1. The van der Waals surface area contributed by atoms with Gasteiger partial charge < -0.3 is 14.5 Å². The molecule has 156 valence electrons. The lowest BCUT2D eigenvalue weighted by molar-refractivity contribution is -0.132. The van der Waals surface area contributed by atoms with E-state index >= 15 is 0 Å². The number of hydrogen-bond donors (Lipinski definition) is 1. The fourth-order valence-corrected chi connectivity index (χ4v) is 3.92. The van der Waals surface area contributed by atoms with Crippen LogP contribution in [-0.2, 0) is 11.3 Å². The number of carbonyl (C=O) groups excluding carboxylic acids is 1. The average molecular weight is 424 g/mol. The number of rotatable bonds is 5. The zero-order chi connectivity index (χ0) is 21.1. The summed E-state index contributed by atoms with van der Waals surface area (Å²) in [4.78, 5) is 17.2. The van der Waals surface area contributed by atoms with Gasteiger partial charge in [-0.3, -0.25) is 14.5 Å². The van der Waals surface area contributed by atoms with Crippen molar-refractivity contribution in [1.29, 1.82) is 0 Å². The number of amides is 1. The second kappa shape index (κ2) is 8.71. The zero-order valence-corrected chi connectivity index (χ0v) is 18.0. The van der Waals surface area contributed by atoms with Gasteiger partial charge in [-0.1, -0.05) is 29.8 Å². The highest BCUT2D eigenvalue weighted by Gasteiger charge is 2.23. The van der Waals surface area contributed by atoms with Crippen molar-refractivity contribution in [2.24, 2.45) is 0 Å². The van der Waals surface area contributed by atoms with E-state index in [9.17, 15) is 4.79 Å². The molecule has 0 spiro atoms. The molecule has 0 aliphatic carbocycles. The van der Waals surface area contributed by atoms with Crippen LogP contribution in [0.1, 0.15) is 5.56 Å². The summed E-state index contributed by atoms with van der Waals surface area (Å²) < 4.78 is 7.55. The van der Waals surface area contributed by atoms with Crippen LogP contribution in [0, 0.1) is 11.7 Å². The molecule has 0 atom stereocenters. The van der Waals surface area contributed by atoms with E-state index in [-0.39, 0.29) is 12.5 Å². The number of carbonyl (C=O) groups is 1. The number of aromatic nitrogens is 3. The Balaban J connectivity index is 1.44. The lowest BCUT2D eigenvalue weighted by Gasteiger charge is -2.36. The van der Waals surface area contributed by atoms with Crippen LogP contribution in [0.5, 0.6) is 5.75 Å². The van der Waals surface area contributed by atoms with Gasteiger partial charge in [0, 0.05) is 43.5 Å². The molecule has 1 aromatic heterocycles. The molecule has 1 aliphatic rings. The van der Waals surface area contributed by atoms with Gasteiger partial charge in [0.05, 0.1) is 7.11 Å². The molecule has 30 heavy (non-hydrogen) atoms. The summed E-state index contributed by atoms with van der Waals surface area (Å²) in [7, 11) is 1.67. The van der Waals surface area contributed by atoms with Crippen LogP contribution in [0.2, 0.25) is 0 Å². The predicted octanol–water partition coefficient (Wildman–Crippen LogP) is 3.27. The van der Waals surface area contributed by atoms with Crippen molar-refractivity contribution in [3.8, 4) is 17.1 Å². The molecule has 1 fully saturated rings. The molecule has 1 amide bonds. The van der Waals surface area contributed by atoms with Gasteiger partial charge >= 0.3 is 0 Å². The summed E-state index contributed by atoms with van der Waals surface area (Å²) in [5.74, 6) is 1.57. The highest BCUT2D eigenvalue weighted by Crippen LogP contribution is 2.23. The SMILES string of the molecule is COc1cccc(N2CCN(C(=O)Cn3c(-c4cccc(C)c4)n[nH]c3=S)CC2)c1. The predicted molar refractivity (Wildman–Crippen MR) is 119 cm³/mol. The molecule has 8 heteroatoms. The molecular weight excluding hydrogens is 398 g/mol. The molecule has 1 aliphatic heterocycles. The fourth-order valence-electron chi connectivity index (χ4n) is 3.73. The van der Waals surface area contributed by atoms with E-state index in [4.69, 9.17) is 17.0 Å². The quantitative estimate of drug-likeness (QED) is 0.638. The fraction of sp³-hybridized carbons (Fsp3) is 0.318. The van der Waals surface area contributed by atoms with Gasteiger partial charge in [0.2, 0.25) is 5.91 Å². The van der Waals surface area contributed by atoms with Crippen LogP contribution in [0.25, 0.3) is 11.4 Å². The van der Waals surface area contributed by atoms with Gasteiger partial charge in [0.25, 0.3) is 0 Å². The Hall–Kier alpha value is -3.13. The Bertz CT molecular complexity index is 1100. The summed E-state index contributed by atoms with van der Waals surface area (Å²) in [5, 5.41) is 7.18. The van der Waals surface area contributed by atoms with Crippen molar-refractivity contribution in [2.45, 2.75) is 13.5 Å². The number of aryl methyl sites for hydroxylation is 1. The summed E-state index contributed by atoms with van der Waals surface area (Å²) in [5.41, 5.74) is 3.19. The van der Waals surface area contributed by atoms with Crippen LogP contribution < -0.4 is 9.64 Å². The number of H-pyrrole nitrogens is 1. The molecule has 0 saturated carbocycles. The third-order valence-electron chi connectivity index (χ3n) is 5.38. The summed E-state index contributed by atoms with van der Waals surface area (Å²) >= 11 is 5.39. The molecule has 0 bridgehead atoms. The van der Waals surface area contributed by atoms with Crippen molar-refractivity contribution in [1.82, 2.24) is 19.7 Å². The Morgan fingerprint density at radius 3 is 2.63 bits per heavy atom. The van der Waals surface area contributed by atoms with E-state index in [2.05, 4.69) is 21.2 Å². The molecule has 0 unspecified atom stereocenters. The first-order valence-corrected chi connectivity index (χ1v) is 10.3. The van der Waals surface area contributed by atoms with E-state index < -0.39 is 0 Å². The third kappa shape index (κ3) is 4.23. The van der Waals surface area contributed by atoms with Crippen molar-refractivity contribution in [3.05, 3.63) is 58.9 Å². The van der Waals surface area contributed by atoms with E-state index in [0.717, 1.165) is 35.7 Å². The van der Waals surface area contributed by atoms with E-state index in [1.54, 1.807) is 11.7 Å². The lowest BCUT2D eigenvalue weighted by atomic mass is 10.1. The Morgan fingerprint density at radius 2 is 1.90 bits per heavy atom. The van der Waals surface area contributed by atoms with Crippen molar-refractivity contribution in [3.63, 3.8) is 0 Å². The number of aromatic amines is 1. The van der Waals surface area contributed by atoms with Crippen molar-refractivity contribution < 1.29 is 9.53 Å². The normalized spacial score (nSPS) is 14.1. The van der Waals surface area contributed by atoms with Crippen molar-refractivity contribution in [2.75, 3.05) is 38.2 Å². The van der Waals surface area contributed by atoms with Crippen LogP contribution in [0.15, 0.2) is 48.5 Å². The number of hydrogen-bond acceptors (Lipinski definition) is 5. The molecule has 7 nitrogen and oxygen atoms in total. The molecule has 2 aromatic carbocycles. The van der Waals surface area contributed by atoms with Crippen LogP contribution in [0.4, 0.5) is 5.69 Å². The molecule has 2 heterocycles. The van der Waals surface area contributed by atoms with Gasteiger partial charge in [-0.2, -0.15) is 5.10 Å². The maximum atomic E-state index is 13.0. The highest BCUT2D eigenvalue weighted by molar-refractivity contribution is 7.71. The number of nitrogens with zero attached hydrogens (tertiary/aromatic N) is 4. The maximum absolute atomic E-state index is 13.0. The number of ether oxygens (including phenoxy) is 1. The first-order chi connectivity index (χ1) is 14.5. The Labute approximate surface area is 180 Å². The standard InChI is InChI=1S/C22H25N5O2S/c1-16-5-3-6-17(13-16)21-23-24-22(30)27(21)15-20(28)26-11-9-25(10-12-26)18-7-4-8-19(14-18)29-2/h3-8,13-14H,9-12,15H2,1-2H3,(H,24,30). The minimum Gasteiger partial charge on any atom is -0.497 e. The second-order valence-corrected chi connectivity index (χ2v) is 7.76. The second-order valence-electron chi connectivity index (χ2n) is 7.38. The third-order valence-corrected chi connectivity index (χ3v) is 5.69. The van der Waals surface area contributed by atoms with Crippen LogP contribution >= 0.6 is 12.2 Å². The number of nitrogens with one attached hydrogen (secondary N) is 1. The average Bonchev–Trinajstić information content (AvgIpc) is 3.14. The smallest absolute Gasteiger partial charge is 0.242 e. The van der Waals surface area contributed by atoms with Gasteiger partial charge in [-0.05, 0) is 37.3 Å². The molecular formula is C22H25N5O2S. The maximum Gasteiger partial charge on any atom is 0.242 e. The van der Waals surface area contributed by atoms with Crippen LogP contribution in [-0.4, -0.2) is 58.9 Å². The largest absolute Gasteiger partial charge is 0.497 e. The van der Waals surface area contributed by atoms with Crippen LogP contribution in [0.3, 0.4) is 0 Å². The molecule has 1 N–H and O–H groups in total. The number of piperazine rings is 1. The first kappa shape index (κ1) is 20.2. The summed E-state index contributed by atoms with van der Waals surface area (Å²) in [6.45, 7) is 5.10. The number of benzene rings is 2. The van der Waals surface area contributed by atoms with E-state index in [1.165, 1.54) is 0 Å². The van der Waals surface area contributed by atoms with Gasteiger partial charge in [0.15, 0.2) is 10.6 Å². The minimum atomic E-state index is 0.0479. The monoisotopic (exact) mass is 423 g/mol. The molecule has 4 rings (SSSR count). The first-order valence-electron chi connectivity index (χ1n) is 9.94. The molecule has 1 saturated heterocycles. The summed E-state index contributed by atoms with van der Waals surface area (Å²) in [6, 6.07) is 16.0. The van der Waals surface area contributed by atoms with Gasteiger partial charge in [-0.15, -0.1) is 0 Å². The Kier molecular flexibility index (Phi) is 5.85. The molecule has 3 aromatic rings. The van der Waals surface area contributed by atoms with E-state index in [0.29, 0.717) is 23.7 Å². The van der Waals surface area contributed by atoms with Gasteiger partial charge in [-0.25, -0.2) is 0 Å². The zero-order valence-electron chi connectivity index (χ0n) is 17.2. The molecule has 0 radical (unpaired) electrons. The van der Waals surface area contributed by atoms with E-state index in [1.807, 2.05) is 54.3 Å². The lowest BCUT2D eigenvalue weighted by Crippen LogP contribution is -2.49. The Morgan fingerprint density at radius 1 is 1.13 bits per heavy atom. The summed E-state index contributed by atoms with van der Waals surface area (Å²) in [6.07, 6.45) is 0. The number of anilines is 1.